The van der Waals surface area contributed by atoms with Gasteiger partial charge in [0.2, 0.25) is 0 Å². The average Bonchev–Trinajstić information content (AvgIpc) is 2.96. The van der Waals surface area contributed by atoms with E-state index in [-0.39, 0.29) is 11.8 Å². The maximum atomic E-state index is 14.6. The number of alkyl halides is 3. The third-order valence-corrected chi connectivity index (χ3v) is 5.73. The van der Waals surface area contributed by atoms with Crippen molar-refractivity contribution in [2.75, 3.05) is 13.1 Å². The number of hydrogen-bond donors (Lipinski definition) is 0. The molecule has 35 heavy (non-hydrogen) atoms. The van der Waals surface area contributed by atoms with E-state index in [4.69, 9.17) is 24.0 Å². The average molecular weight is 501 g/mol. The molecule has 1 heterocycles. The molecule has 0 atom stereocenters. The van der Waals surface area contributed by atoms with Crippen LogP contribution in [0.25, 0.3) is 0 Å². The quantitative estimate of drug-likeness (QED) is 0.274. The molecule has 2 fully saturated rings. The van der Waals surface area contributed by atoms with Gasteiger partial charge in [0.05, 0.1) is 14.0 Å². The van der Waals surface area contributed by atoms with Crippen LogP contribution in [0.3, 0.4) is 0 Å². The fourth-order valence-corrected chi connectivity index (χ4v) is 3.59. The molecule has 3 nitrogen and oxygen atoms in total. The highest BCUT2D eigenvalue weighted by Gasteiger charge is 2.36. The van der Waals surface area contributed by atoms with Gasteiger partial charge in [0.15, 0.2) is 0 Å². The maximum absolute atomic E-state index is 14.6. The topological polar surface area (TPSA) is 24.8 Å². The monoisotopic (exact) mass is 500 g/mol. The van der Waals surface area contributed by atoms with Gasteiger partial charge in [-0.05, 0) is 97.3 Å². The first-order chi connectivity index (χ1) is 22.0. The number of likely N-dealkylation sites (tertiary alicyclic amines) is 1. The summed E-state index contributed by atoms with van der Waals surface area (Å²) in [6, 6.07) is 6.01. The minimum atomic E-state index is -5.50. The van der Waals surface area contributed by atoms with Gasteiger partial charge >= 0.3 is 6.18 Å². The molecule has 1 saturated heterocycles. The van der Waals surface area contributed by atoms with Crippen molar-refractivity contribution in [1.82, 2.24) is 4.90 Å². The number of benzene rings is 2. The summed E-state index contributed by atoms with van der Waals surface area (Å²) in [5.41, 5.74) is -2.63. The number of aryl methyl sites for hydroxylation is 1. The van der Waals surface area contributed by atoms with Gasteiger partial charge in [-0.1, -0.05) is 56.0 Å². The van der Waals surface area contributed by atoms with Crippen LogP contribution in [0.2, 0.25) is 0 Å². The molecule has 1 aliphatic carbocycles. The smallest absolute Gasteiger partial charge is 0.391 e. The van der Waals surface area contributed by atoms with Crippen LogP contribution in [-0.2, 0) is 30.5 Å². The Labute approximate surface area is 227 Å². The van der Waals surface area contributed by atoms with E-state index in [0.717, 1.165) is 6.42 Å². The minimum Gasteiger partial charge on any atom is -0.391 e. The van der Waals surface area contributed by atoms with Crippen molar-refractivity contribution in [3.05, 3.63) is 69.8 Å². The van der Waals surface area contributed by atoms with Crippen molar-refractivity contribution < 1.29 is 37.2 Å². The summed E-state index contributed by atoms with van der Waals surface area (Å²) in [4.78, 5) is 6.75. The molecule has 6 heteroatoms. The van der Waals surface area contributed by atoms with Gasteiger partial charge in [0.25, 0.3) is 0 Å². The fourth-order valence-electron chi connectivity index (χ4n) is 3.59. The van der Waals surface area contributed by atoms with Gasteiger partial charge in [-0.2, -0.15) is 13.2 Å². The van der Waals surface area contributed by atoms with E-state index in [1.165, 1.54) is 6.92 Å². The number of halogens is 3. The first-order valence-electron chi connectivity index (χ1n) is 18.3. The zero-order valence-corrected chi connectivity index (χ0v) is 19.7. The van der Waals surface area contributed by atoms with E-state index >= 15 is 0 Å². The Morgan fingerprint density at radius 2 is 1.89 bits per heavy atom. The van der Waals surface area contributed by atoms with Crippen molar-refractivity contribution in [1.29, 1.82) is 0 Å². The van der Waals surface area contributed by atoms with Crippen LogP contribution in [0.4, 0.5) is 13.2 Å². The number of hydrogen-bond acceptors (Lipinski definition) is 3. The minimum absolute atomic E-state index is 0.0962. The van der Waals surface area contributed by atoms with Crippen molar-refractivity contribution in [3.63, 3.8) is 0 Å². The largest absolute Gasteiger partial charge is 0.416 e. The molecule has 190 valence electrons. The first-order valence-corrected chi connectivity index (χ1v) is 11.3. The van der Waals surface area contributed by atoms with Crippen molar-refractivity contribution in [2.24, 2.45) is 11.0 Å². The second-order valence-corrected chi connectivity index (χ2v) is 8.31. The molecule has 0 bridgehead atoms. The van der Waals surface area contributed by atoms with Crippen LogP contribution in [0.5, 0.6) is 0 Å². The van der Waals surface area contributed by atoms with Gasteiger partial charge in [0.1, 0.15) is 6.56 Å². The molecule has 0 radical (unpaired) electrons. The Morgan fingerprint density at radius 3 is 2.51 bits per heavy atom. The molecule has 0 amide bonds. The van der Waals surface area contributed by atoms with Crippen LogP contribution >= 0.6 is 0 Å². The highest BCUT2D eigenvalue weighted by molar-refractivity contribution is 5.98. The Morgan fingerprint density at radius 1 is 1.14 bits per heavy atom. The molecule has 2 aliphatic rings. The molecule has 2 aromatic rings. The lowest BCUT2D eigenvalue weighted by Crippen LogP contribution is -2.36. The Balaban J connectivity index is 1.77. The lowest BCUT2D eigenvalue weighted by molar-refractivity contribution is -0.138. The lowest BCUT2D eigenvalue weighted by atomic mass is 9.78. The van der Waals surface area contributed by atoms with Crippen LogP contribution in [-0.4, -0.2) is 23.7 Å². The molecular formula is C29H37F3N2O. The van der Waals surface area contributed by atoms with Gasteiger partial charge in [-0.3, -0.25) is 4.90 Å². The molecule has 4 rings (SSSR count). The number of nitrogens with zero attached hydrogens (tertiary/aromatic N) is 2. The van der Waals surface area contributed by atoms with Crippen molar-refractivity contribution in [2.45, 2.75) is 84.2 Å². The highest BCUT2D eigenvalue weighted by atomic mass is 19.4. The van der Waals surface area contributed by atoms with Crippen molar-refractivity contribution in [3.8, 4) is 0 Å². The Kier molecular flexibility index (Phi) is 4.23. The molecule has 2 aromatic carbocycles. The summed E-state index contributed by atoms with van der Waals surface area (Å²) in [5.74, 6) is -7.14. The predicted octanol–water partition coefficient (Wildman–Crippen LogP) is 7.71. The van der Waals surface area contributed by atoms with Gasteiger partial charge in [-0.25, -0.2) is 0 Å². The van der Waals surface area contributed by atoms with Crippen LogP contribution < -0.4 is 0 Å². The third kappa shape index (κ3) is 6.46. The SMILES string of the molecule is [2H]C([2H])(O/N=C(\C)c1ccc(C([2H])([2H])N2CCC2)c(CC)c1)c1ccc(C2([2H])C([2H])([2H])C([2H])([2H])C([2H])(C)C([2H])([2H])C2([2H])[2H])c(C(F)(F)F)c1. The molecule has 1 saturated carbocycles. The molecule has 0 aromatic heterocycles. The molecule has 0 N–H and O–H groups in total. The van der Waals surface area contributed by atoms with Gasteiger partial charge in [-0.15, -0.1) is 0 Å². The zero-order chi connectivity index (χ0) is 37.6. The Hall–Kier alpha value is -2.34. The number of rotatable bonds is 8. The number of oxime groups is 1. The zero-order valence-electron chi connectivity index (χ0n) is 33.7. The third-order valence-electron chi connectivity index (χ3n) is 5.73. The van der Waals surface area contributed by atoms with E-state index in [1.54, 1.807) is 23.1 Å². The van der Waals surface area contributed by atoms with E-state index in [0.29, 0.717) is 55.3 Å². The molecule has 0 spiro atoms. The summed E-state index contributed by atoms with van der Waals surface area (Å²) < 4.78 is 162. The summed E-state index contributed by atoms with van der Waals surface area (Å²) >= 11 is 0. The van der Waals surface area contributed by atoms with E-state index in [1.807, 2.05) is 6.92 Å². The summed E-state index contributed by atoms with van der Waals surface area (Å²) in [7, 11) is 0. The maximum Gasteiger partial charge on any atom is 0.416 e. The van der Waals surface area contributed by atoms with E-state index in [2.05, 4.69) is 5.16 Å². The summed E-state index contributed by atoms with van der Waals surface area (Å²) in [5, 5.41) is 3.77. The van der Waals surface area contributed by atoms with Crippen LogP contribution in [0, 0.1) is 5.89 Å². The lowest BCUT2D eigenvalue weighted by Gasteiger charge is -2.31. The van der Waals surface area contributed by atoms with Crippen LogP contribution in [0.1, 0.15) is 111 Å². The Bertz CT molecular complexity index is 1610. The standard InChI is InChI=1S/C29H37F3N2O/c1-4-23-17-25(11-12-26(23)18-34-14-5-15-34)21(3)33-35-19-22-8-13-27(28(16-22)29(30,31)32)24-9-6-20(2)7-10-24/h8,11-13,16-17,20,24H,4-7,9-10,14-15,18-19H2,1-3H3/b33-21+/i6D2,7D2,9D2,10D2,18D2,19D2,20D,24D. The summed E-state index contributed by atoms with van der Waals surface area (Å²) in [6.45, 7) is 0.255. The highest BCUT2D eigenvalue weighted by Crippen LogP contribution is 2.42. The molecule has 0 unspecified atom stereocenters. The van der Waals surface area contributed by atoms with Crippen LogP contribution in [0.15, 0.2) is 41.6 Å². The molecule has 1 aliphatic heterocycles. The molecular weight excluding hydrogens is 449 g/mol. The second-order valence-electron chi connectivity index (χ2n) is 8.31. The predicted molar refractivity (Wildman–Crippen MR) is 135 cm³/mol. The second kappa shape index (κ2) is 11.2. The fraction of sp³-hybridized carbons (Fsp3) is 0.552. The van der Waals surface area contributed by atoms with Gasteiger partial charge < -0.3 is 4.84 Å². The van der Waals surface area contributed by atoms with Gasteiger partial charge in [0, 0.05) is 22.9 Å². The van der Waals surface area contributed by atoms with E-state index in [9.17, 15) is 13.2 Å². The van der Waals surface area contributed by atoms with Crippen molar-refractivity contribution >= 4 is 5.71 Å². The first kappa shape index (κ1) is 13.3. The van der Waals surface area contributed by atoms with E-state index < -0.39 is 73.2 Å². The summed E-state index contributed by atoms with van der Waals surface area (Å²) in [6.07, 6.45) is -19.4. The normalized spacial score (nSPS) is 38.3.